The van der Waals surface area contributed by atoms with Gasteiger partial charge in [-0.05, 0) is 43.5 Å². The maximum atomic E-state index is 11.8. The molecule has 102 valence electrons. The van der Waals surface area contributed by atoms with Crippen LogP contribution in [0.15, 0.2) is 24.3 Å². The Hall–Kier alpha value is -1.22. The molecule has 0 saturated carbocycles. The van der Waals surface area contributed by atoms with Gasteiger partial charge in [0.25, 0.3) is 0 Å². The first-order valence-electron chi connectivity index (χ1n) is 7.03. The van der Waals surface area contributed by atoms with E-state index in [0.717, 1.165) is 18.8 Å². The molecule has 1 unspecified atom stereocenters. The van der Waals surface area contributed by atoms with Crippen LogP contribution in [0.5, 0.6) is 0 Å². The number of hydrogen-bond donors (Lipinski definition) is 0. The van der Waals surface area contributed by atoms with Gasteiger partial charge in [-0.2, -0.15) is 0 Å². The van der Waals surface area contributed by atoms with Gasteiger partial charge in [0, 0.05) is 37.4 Å². The van der Waals surface area contributed by atoms with Gasteiger partial charge in [0.2, 0.25) is 5.91 Å². The molecular formula is C15H19ClN2O. The number of nitrogens with zero attached hydrogens (tertiary/aromatic N) is 2. The van der Waals surface area contributed by atoms with Gasteiger partial charge < -0.3 is 9.80 Å². The molecule has 0 aliphatic carbocycles. The number of carbonyl (C=O) groups is 1. The van der Waals surface area contributed by atoms with Crippen molar-refractivity contribution in [3.05, 3.63) is 24.3 Å². The first kappa shape index (κ1) is 12.8. The third kappa shape index (κ3) is 2.71. The number of carbonyl (C=O) groups excluding carboxylic acids is 1. The Kier molecular flexibility index (Phi) is 3.65. The van der Waals surface area contributed by atoms with Crippen molar-refractivity contribution in [3.63, 3.8) is 0 Å². The van der Waals surface area contributed by atoms with Crippen molar-refractivity contribution in [2.24, 2.45) is 0 Å². The Morgan fingerprint density at radius 3 is 2.21 bits per heavy atom. The Labute approximate surface area is 119 Å². The zero-order valence-electron chi connectivity index (χ0n) is 11.0. The fourth-order valence-electron chi connectivity index (χ4n) is 2.91. The monoisotopic (exact) mass is 278 g/mol. The highest BCUT2D eigenvalue weighted by molar-refractivity contribution is 6.24. The maximum absolute atomic E-state index is 11.8. The van der Waals surface area contributed by atoms with E-state index in [4.69, 9.17) is 11.6 Å². The second kappa shape index (κ2) is 5.41. The summed E-state index contributed by atoms with van der Waals surface area (Å²) in [7, 11) is 0. The second-order valence-corrected chi connectivity index (χ2v) is 5.99. The Bertz CT molecular complexity index is 454. The molecule has 1 aromatic carbocycles. The van der Waals surface area contributed by atoms with Crippen molar-refractivity contribution in [1.29, 1.82) is 0 Å². The predicted molar refractivity (Wildman–Crippen MR) is 79.1 cm³/mol. The number of anilines is 2. The summed E-state index contributed by atoms with van der Waals surface area (Å²) in [5.74, 6) is 0.130. The Balaban J connectivity index is 1.73. The molecule has 0 aromatic heterocycles. The molecule has 19 heavy (non-hydrogen) atoms. The first-order chi connectivity index (χ1) is 9.24. The normalized spacial score (nSPS) is 24.1. The minimum atomic E-state index is -0.0470. The average Bonchev–Trinajstić information content (AvgIpc) is 2.79. The van der Waals surface area contributed by atoms with E-state index >= 15 is 0 Å². The van der Waals surface area contributed by atoms with E-state index in [1.54, 1.807) is 4.90 Å². The predicted octanol–water partition coefficient (Wildman–Crippen LogP) is 3.02. The van der Waals surface area contributed by atoms with Crippen LogP contribution in [0.3, 0.4) is 0 Å². The summed E-state index contributed by atoms with van der Waals surface area (Å²) in [4.78, 5) is 16.0. The van der Waals surface area contributed by atoms with Gasteiger partial charge in [-0.15, -0.1) is 11.6 Å². The van der Waals surface area contributed by atoms with Gasteiger partial charge in [0.05, 0.1) is 5.38 Å². The number of benzene rings is 1. The molecule has 2 aliphatic heterocycles. The third-order valence-electron chi connectivity index (χ3n) is 3.96. The molecule has 0 N–H and O–H groups in total. The van der Waals surface area contributed by atoms with E-state index in [1.807, 2.05) is 12.1 Å². The Morgan fingerprint density at radius 1 is 1.00 bits per heavy atom. The highest BCUT2D eigenvalue weighted by Crippen LogP contribution is 2.27. The lowest BCUT2D eigenvalue weighted by Gasteiger charge is -2.29. The SMILES string of the molecule is O=C1CC(Cl)CN1c1ccc(N2CCCCC2)cc1. The number of amides is 1. The quantitative estimate of drug-likeness (QED) is 0.777. The zero-order valence-corrected chi connectivity index (χ0v) is 11.8. The van der Waals surface area contributed by atoms with Crippen LogP contribution in [0.1, 0.15) is 25.7 Å². The van der Waals surface area contributed by atoms with E-state index in [-0.39, 0.29) is 11.3 Å². The Morgan fingerprint density at radius 2 is 1.63 bits per heavy atom. The third-order valence-corrected chi connectivity index (χ3v) is 4.25. The van der Waals surface area contributed by atoms with E-state index in [1.165, 1.54) is 24.9 Å². The van der Waals surface area contributed by atoms with Gasteiger partial charge in [0.15, 0.2) is 0 Å². The summed E-state index contributed by atoms with van der Waals surface area (Å²) in [5.41, 5.74) is 2.23. The van der Waals surface area contributed by atoms with Crippen LogP contribution >= 0.6 is 11.6 Å². The number of alkyl halides is 1. The molecule has 2 fully saturated rings. The summed E-state index contributed by atoms with van der Waals surface area (Å²) in [5, 5.41) is -0.0470. The zero-order chi connectivity index (χ0) is 13.2. The van der Waals surface area contributed by atoms with Gasteiger partial charge >= 0.3 is 0 Å². The van der Waals surface area contributed by atoms with E-state index < -0.39 is 0 Å². The molecule has 0 bridgehead atoms. The number of piperidine rings is 1. The van der Waals surface area contributed by atoms with Crippen molar-refractivity contribution in [2.45, 2.75) is 31.1 Å². The lowest BCUT2D eigenvalue weighted by molar-refractivity contribution is -0.117. The van der Waals surface area contributed by atoms with Crippen molar-refractivity contribution in [2.75, 3.05) is 29.4 Å². The van der Waals surface area contributed by atoms with E-state index in [2.05, 4.69) is 17.0 Å². The number of rotatable bonds is 2. The molecule has 2 aliphatic rings. The minimum absolute atomic E-state index is 0.0470. The summed E-state index contributed by atoms with van der Waals surface area (Å²) in [6, 6.07) is 8.32. The summed E-state index contributed by atoms with van der Waals surface area (Å²) in [6.07, 6.45) is 4.35. The van der Waals surface area contributed by atoms with Crippen LogP contribution in [0, 0.1) is 0 Å². The molecule has 2 heterocycles. The number of halogens is 1. The van der Waals surface area contributed by atoms with Gasteiger partial charge in [-0.1, -0.05) is 0 Å². The van der Waals surface area contributed by atoms with Crippen LogP contribution in [0.4, 0.5) is 11.4 Å². The standard InChI is InChI=1S/C15H19ClN2O/c16-12-10-15(19)18(11-12)14-6-4-13(5-7-14)17-8-2-1-3-9-17/h4-7,12H,1-3,8-11H2. The first-order valence-corrected chi connectivity index (χ1v) is 7.47. The lowest BCUT2D eigenvalue weighted by Crippen LogP contribution is -2.29. The maximum Gasteiger partial charge on any atom is 0.228 e. The molecule has 2 saturated heterocycles. The molecule has 3 nitrogen and oxygen atoms in total. The van der Waals surface area contributed by atoms with Gasteiger partial charge in [-0.3, -0.25) is 4.79 Å². The molecule has 3 rings (SSSR count). The summed E-state index contributed by atoms with van der Waals surface area (Å²) >= 11 is 6.03. The van der Waals surface area contributed by atoms with E-state index in [0.29, 0.717) is 13.0 Å². The molecular weight excluding hydrogens is 260 g/mol. The second-order valence-electron chi connectivity index (χ2n) is 5.37. The summed E-state index contributed by atoms with van der Waals surface area (Å²) < 4.78 is 0. The van der Waals surface area contributed by atoms with Gasteiger partial charge in [-0.25, -0.2) is 0 Å². The van der Waals surface area contributed by atoms with E-state index in [9.17, 15) is 4.79 Å². The molecule has 1 amide bonds. The fraction of sp³-hybridized carbons (Fsp3) is 0.533. The van der Waals surface area contributed by atoms with Gasteiger partial charge in [0.1, 0.15) is 0 Å². The smallest absolute Gasteiger partial charge is 0.228 e. The van der Waals surface area contributed by atoms with Crippen molar-refractivity contribution in [3.8, 4) is 0 Å². The van der Waals surface area contributed by atoms with Crippen LogP contribution in [0.2, 0.25) is 0 Å². The fourth-order valence-corrected chi connectivity index (χ4v) is 3.18. The topological polar surface area (TPSA) is 23.6 Å². The van der Waals surface area contributed by atoms with Crippen LogP contribution in [-0.2, 0) is 4.79 Å². The van der Waals surface area contributed by atoms with Crippen LogP contribution in [-0.4, -0.2) is 30.9 Å². The molecule has 0 radical (unpaired) electrons. The van der Waals surface area contributed by atoms with Crippen LogP contribution < -0.4 is 9.80 Å². The average molecular weight is 279 g/mol. The summed E-state index contributed by atoms with van der Waals surface area (Å²) in [6.45, 7) is 2.92. The molecule has 0 spiro atoms. The van der Waals surface area contributed by atoms with Crippen LogP contribution in [0.25, 0.3) is 0 Å². The minimum Gasteiger partial charge on any atom is -0.372 e. The molecule has 1 atom stereocenters. The highest BCUT2D eigenvalue weighted by atomic mass is 35.5. The van der Waals surface area contributed by atoms with Crippen molar-refractivity contribution >= 4 is 28.9 Å². The molecule has 4 heteroatoms. The number of hydrogen-bond acceptors (Lipinski definition) is 2. The molecule has 1 aromatic rings. The van der Waals surface area contributed by atoms with Crippen molar-refractivity contribution < 1.29 is 4.79 Å². The lowest BCUT2D eigenvalue weighted by atomic mass is 10.1. The van der Waals surface area contributed by atoms with Crippen molar-refractivity contribution in [1.82, 2.24) is 0 Å². The highest BCUT2D eigenvalue weighted by Gasteiger charge is 2.29. The largest absolute Gasteiger partial charge is 0.372 e.